The summed E-state index contributed by atoms with van der Waals surface area (Å²) in [5.41, 5.74) is 2.86. The number of likely N-dealkylation sites (tertiary alicyclic amines) is 1. The van der Waals surface area contributed by atoms with Crippen molar-refractivity contribution in [3.8, 4) is 17.0 Å². The Morgan fingerprint density at radius 1 is 1.27 bits per heavy atom. The Kier molecular flexibility index (Phi) is 3.80. The number of benzene rings is 1. The lowest BCUT2D eigenvalue weighted by Crippen LogP contribution is -2.53. The van der Waals surface area contributed by atoms with Gasteiger partial charge in [-0.05, 0) is 23.8 Å². The maximum absolute atomic E-state index is 11.9. The van der Waals surface area contributed by atoms with Crippen molar-refractivity contribution in [1.82, 2.24) is 25.4 Å². The van der Waals surface area contributed by atoms with Crippen molar-refractivity contribution >= 4 is 22.8 Å². The van der Waals surface area contributed by atoms with Gasteiger partial charge in [-0.2, -0.15) is 0 Å². The topological polar surface area (TPSA) is 111 Å². The summed E-state index contributed by atoms with van der Waals surface area (Å²) >= 11 is 0. The number of aromatic amines is 1. The second-order valence-corrected chi connectivity index (χ2v) is 6.24. The largest absolute Gasteiger partial charge is 0.507 e. The number of carbonyl (C=O) groups is 2. The normalized spacial score (nSPS) is 14.3. The van der Waals surface area contributed by atoms with Crippen molar-refractivity contribution in [2.24, 2.45) is 0 Å². The van der Waals surface area contributed by atoms with E-state index in [1.807, 2.05) is 18.3 Å². The highest BCUT2D eigenvalue weighted by Gasteiger charge is 2.35. The Morgan fingerprint density at radius 3 is 2.77 bits per heavy atom. The predicted octanol–water partition coefficient (Wildman–Crippen LogP) is 1.00. The number of rotatable bonds is 2. The Hall–Kier alpha value is -3.42. The Morgan fingerprint density at radius 2 is 2.04 bits per heavy atom. The molecule has 0 radical (unpaired) electrons. The number of carbonyl (C=O) groups excluding carboxylic acids is 2. The Labute approximate surface area is 148 Å². The number of likely N-dealkylation sites (N-methyl/N-ethyl adjacent to an activating group) is 1. The van der Waals surface area contributed by atoms with Crippen LogP contribution in [0.2, 0.25) is 0 Å². The van der Waals surface area contributed by atoms with E-state index in [0.29, 0.717) is 30.0 Å². The summed E-state index contributed by atoms with van der Waals surface area (Å²) in [4.78, 5) is 27.9. The number of fused-ring (bicyclic) bond motifs is 1. The first-order chi connectivity index (χ1) is 12.6. The van der Waals surface area contributed by atoms with E-state index < -0.39 is 11.8 Å². The molecule has 0 aliphatic carbocycles. The van der Waals surface area contributed by atoms with E-state index in [-0.39, 0.29) is 11.7 Å². The molecule has 4 rings (SSSR count). The van der Waals surface area contributed by atoms with Crippen LogP contribution in [0.3, 0.4) is 0 Å². The van der Waals surface area contributed by atoms with Gasteiger partial charge < -0.3 is 20.3 Å². The summed E-state index contributed by atoms with van der Waals surface area (Å²) in [5.74, 6) is -0.851. The third kappa shape index (κ3) is 2.55. The van der Waals surface area contributed by atoms with Gasteiger partial charge in [0.25, 0.3) is 0 Å². The number of aromatic hydroxyl groups is 1. The third-order valence-electron chi connectivity index (χ3n) is 4.68. The van der Waals surface area contributed by atoms with Crippen LogP contribution >= 0.6 is 0 Å². The molecule has 26 heavy (non-hydrogen) atoms. The average Bonchev–Trinajstić information content (AvgIpc) is 3.03. The van der Waals surface area contributed by atoms with E-state index in [2.05, 4.69) is 20.5 Å². The molecule has 0 saturated carbocycles. The molecule has 1 aromatic carbocycles. The standard InChI is InChI=1S/C18H17N5O3/c1-19-17(25)18(26)23-8-10(9-23)13-7-20-16-12(13)6-14(21-22-16)11-4-2-3-5-15(11)24/h2-7,10,24H,8-9H2,1H3,(H,19,25)(H,20,22). The van der Waals surface area contributed by atoms with E-state index in [1.54, 1.807) is 18.2 Å². The zero-order chi connectivity index (χ0) is 18.3. The molecule has 1 aliphatic heterocycles. The third-order valence-corrected chi connectivity index (χ3v) is 4.68. The fraction of sp³-hybridized carbons (Fsp3) is 0.222. The van der Waals surface area contributed by atoms with Crippen molar-refractivity contribution in [3.05, 3.63) is 42.1 Å². The molecule has 3 N–H and O–H groups in total. The number of H-pyrrole nitrogens is 1. The lowest BCUT2D eigenvalue weighted by Gasteiger charge is -2.38. The van der Waals surface area contributed by atoms with Crippen LogP contribution in [-0.2, 0) is 9.59 Å². The molecular weight excluding hydrogens is 334 g/mol. The zero-order valence-corrected chi connectivity index (χ0v) is 14.1. The van der Waals surface area contributed by atoms with Gasteiger partial charge >= 0.3 is 11.8 Å². The number of amides is 2. The fourth-order valence-corrected chi connectivity index (χ4v) is 3.19. The maximum atomic E-state index is 11.9. The molecule has 8 heteroatoms. The van der Waals surface area contributed by atoms with Crippen LogP contribution in [0.5, 0.6) is 5.75 Å². The van der Waals surface area contributed by atoms with Crippen LogP contribution in [0.15, 0.2) is 36.5 Å². The number of phenolic OH excluding ortho intramolecular Hbond substituents is 1. The molecule has 1 saturated heterocycles. The van der Waals surface area contributed by atoms with Gasteiger partial charge in [0.2, 0.25) is 0 Å². The van der Waals surface area contributed by atoms with Crippen LogP contribution < -0.4 is 5.32 Å². The molecule has 3 aromatic rings. The van der Waals surface area contributed by atoms with Gasteiger partial charge in [0.05, 0.1) is 5.69 Å². The van der Waals surface area contributed by atoms with Crippen LogP contribution in [0.4, 0.5) is 0 Å². The monoisotopic (exact) mass is 351 g/mol. The second-order valence-electron chi connectivity index (χ2n) is 6.24. The van der Waals surface area contributed by atoms with Crippen molar-refractivity contribution in [2.45, 2.75) is 5.92 Å². The van der Waals surface area contributed by atoms with Crippen molar-refractivity contribution < 1.29 is 14.7 Å². The first kappa shape index (κ1) is 16.1. The first-order valence-corrected chi connectivity index (χ1v) is 8.22. The molecule has 0 unspecified atom stereocenters. The van der Waals surface area contributed by atoms with Crippen LogP contribution in [0, 0.1) is 0 Å². The maximum Gasteiger partial charge on any atom is 0.311 e. The van der Waals surface area contributed by atoms with Gasteiger partial charge in [-0.15, -0.1) is 10.2 Å². The molecular formula is C18H17N5O3. The smallest absolute Gasteiger partial charge is 0.311 e. The van der Waals surface area contributed by atoms with Crippen molar-refractivity contribution in [3.63, 3.8) is 0 Å². The van der Waals surface area contributed by atoms with Crippen LogP contribution in [0.1, 0.15) is 11.5 Å². The molecule has 3 heterocycles. The van der Waals surface area contributed by atoms with Gasteiger partial charge in [-0.25, -0.2) is 0 Å². The molecule has 1 fully saturated rings. The lowest BCUT2D eigenvalue weighted by atomic mass is 9.91. The number of nitrogens with one attached hydrogen (secondary N) is 2. The van der Waals surface area contributed by atoms with Gasteiger partial charge in [0.1, 0.15) is 5.75 Å². The minimum absolute atomic E-state index is 0.124. The number of aromatic nitrogens is 3. The van der Waals surface area contributed by atoms with Crippen molar-refractivity contribution in [1.29, 1.82) is 0 Å². The van der Waals surface area contributed by atoms with Gasteiger partial charge in [-0.1, -0.05) is 12.1 Å². The molecule has 0 bridgehead atoms. The number of hydrogen-bond acceptors (Lipinski definition) is 5. The number of phenols is 1. The van der Waals surface area contributed by atoms with E-state index in [1.165, 1.54) is 11.9 Å². The molecule has 132 valence electrons. The lowest BCUT2D eigenvalue weighted by molar-refractivity contribution is -0.148. The Balaban J connectivity index is 1.62. The van der Waals surface area contributed by atoms with Crippen molar-refractivity contribution in [2.75, 3.05) is 20.1 Å². The second kappa shape index (κ2) is 6.14. The molecule has 0 spiro atoms. The summed E-state index contributed by atoms with van der Waals surface area (Å²) < 4.78 is 0. The minimum Gasteiger partial charge on any atom is -0.507 e. The highest BCUT2D eigenvalue weighted by molar-refractivity contribution is 6.35. The summed E-state index contributed by atoms with van der Waals surface area (Å²) in [6.45, 7) is 0.959. The molecule has 1 aliphatic rings. The highest BCUT2D eigenvalue weighted by atomic mass is 16.3. The SMILES string of the molecule is CNC(=O)C(=O)N1CC(c2c[nH]c3nnc(-c4ccccc4O)cc23)C1. The number of nitrogens with zero attached hydrogens (tertiary/aromatic N) is 3. The first-order valence-electron chi connectivity index (χ1n) is 8.22. The molecule has 8 nitrogen and oxygen atoms in total. The van der Waals surface area contributed by atoms with E-state index >= 15 is 0 Å². The van der Waals surface area contributed by atoms with Crippen LogP contribution in [0.25, 0.3) is 22.3 Å². The predicted molar refractivity (Wildman–Crippen MR) is 94.4 cm³/mol. The summed E-state index contributed by atoms with van der Waals surface area (Å²) in [7, 11) is 1.44. The Bertz CT molecular complexity index is 1010. The zero-order valence-electron chi connectivity index (χ0n) is 14.1. The quantitative estimate of drug-likeness (QED) is 0.597. The van der Waals surface area contributed by atoms with Crippen LogP contribution in [-0.4, -0.2) is 57.1 Å². The van der Waals surface area contributed by atoms with E-state index in [4.69, 9.17) is 0 Å². The number of hydrogen-bond donors (Lipinski definition) is 3. The van der Waals surface area contributed by atoms with E-state index in [0.717, 1.165) is 10.9 Å². The van der Waals surface area contributed by atoms with E-state index in [9.17, 15) is 14.7 Å². The fourth-order valence-electron chi connectivity index (χ4n) is 3.19. The summed E-state index contributed by atoms with van der Waals surface area (Å²) in [6.07, 6.45) is 1.86. The highest BCUT2D eigenvalue weighted by Crippen LogP contribution is 2.34. The minimum atomic E-state index is -0.602. The average molecular weight is 351 g/mol. The molecule has 2 aromatic heterocycles. The van der Waals surface area contributed by atoms with Gasteiger partial charge in [0, 0.05) is 43.2 Å². The van der Waals surface area contributed by atoms with Gasteiger partial charge in [-0.3, -0.25) is 9.59 Å². The summed E-state index contributed by atoms with van der Waals surface area (Å²) in [5, 5.41) is 21.6. The molecule has 0 atom stereocenters. The summed E-state index contributed by atoms with van der Waals surface area (Å²) in [6, 6.07) is 8.84. The molecule has 2 amide bonds. The van der Waals surface area contributed by atoms with Gasteiger partial charge in [0.15, 0.2) is 5.65 Å². The number of para-hydroxylation sites is 1.